The number of aliphatic carboxylic acids is 1. The molecule has 0 aromatic carbocycles. The van der Waals surface area contributed by atoms with Crippen molar-refractivity contribution in [2.75, 3.05) is 11.4 Å². The topological polar surface area (TPSA) is 66.3 Å². The Morgan fingerprint density at radius 1 is 1.50 bits per heavy atom. The van der Waals surface area contributed by atoms with E-state index in [9.17, 15) is 18.0 Å². The smallest absolute Gasteiger partial charge is 0.433 e. The number of carboxylic acids is 1. The van der Waals surface area contributed by atoms with Crippen molar-refractivity contribution in [3.8, 4) is 0 Å². The number of carboxylic acid groups (broad SMARTS) is 1. The summed E-state index contributed by atoms with van der Waals surface area (Å²) in [5, 5.41) is 8.95. The quantitative estimate of drug-likeness (QED) is 0.874. The lowest BCUT2D eigenvalue weighted by Gasteiger charge is -2.21. The number of carbonyl (C=O) groups is 1. The van der Waals surface area contributed by atoms with Gasteiger partial charge in [-0.25, -0.2) is 14.8 Å². The van der Waals surface area contributed by atoms with E-state index in [1.165, 1.54) is 4.90 Å². The van der Waals surface area contributed by atoms with Gasteiger partial charge in [-0.15, -0.1) is 0 Å². The Hall–Kier alpha value is -1.86. The van der Waals surface area contributed by atoms with Gasteiger partial charge in [-0.1, -0.05) is 0 Å². The first-order valence-corrected chi connectivity index (χ1v) is 5.29. The summed E-state index contributed by atoms with van der Waals surface area (Å²) in [7, 11) is 0. The van der Waals surface area contributed by atoms with Gasteiger partial charge in [0.15, 0.2) is 0 Å². The van der Waals surface area contributed by atoms with Crippen molar-refractivity contribution >= 4 is 11.9 Å². The molecule has 1 unspecified atom stereocenters. The molecule has 0 bridgehead atoms. The van der Waals surface area contributed by atoms with E-state index in [1.807, 2.05) is 0 Å². The van der Waals surface area contributed by atoms with Crippen LogP contribution < -0.4 is 4.90 Å². The summed E-state index contributed by atoms with van der Waals surface area (Å²) >= 11 is 0. The summed E-state index contributed by atoms with van der Waals surface area (Å²) in [6.45, 7) is 0.346. The molecule has 18 heavy (non-hydrogen) atoms. The maximum Gasteiger partial charge on any atom is 0.433 e. The molecule has 0 spiro atoms. The Balaban J connectivity index is 2.31. The molecular formula is C10H10F3N3O2. The van der Waals surface area contributed by atoms with Crippen LogP contribution in [0.15, 0.2) is 12.3 Å². The third-order valence-electron chi connectivity index (χ3n) is 2.73. The molecule has 98 valence electrons. The summed E-state index contributed by atoms with van der Waals surface area (Å²) < 4.78 is 37.5. The Morgan fingerprint density at radius 2 is 2.22 bits per heavy atom. The first-order chi connectivity index (χ1) is 8.39. The number of anilines is 1. The number of aromatic nitrogens is 2. The van der Waals surface area contributed by atoms with Crippen LogP contribution in [0.25, 0.3) is 0 Å². The van der Waals surface area contributed by atoms with Crippen LogP contribution in [0.2, 0.25) is 0 Å². The molecule has 1 fully saturated rings. The average Bonchev–Trinajstić information content (AvgIpc) is 2.77. The molecule has 2 heterocycles. The van der Waals surface area contributed by atoms with Crippen molar-refractivity contribution in [1.82, 2.24) is 9.97 Å². The molecule has 1 N–H and O–H groups in total. The molecule has 0 radical (unpaired) electrons. The maximum atomic E-state index is 12.5. The molecule has 5 nitrogen and oxygen atoms in total. The van der Waals surface area contributed by atoms with Gasteiger partial charge in [0.05, 0.1) is 0 Å². The SMILES string of the molecule is O=C(O)C1CCCN1c1nccc(C(F)(F)F)n1. The third kappa shape index (κ3) is 2.36. The number of alkyl halides is 3. The lowest BCUT2D eigenvalue weighted by Crippen LogP contribution is -2.37. The molecule has 1 aliphatic heterocycles. The zero-order valence-corrected chi connectivity index (χ0v) is 9.18. The zero-order chi connectivity index (χ0) is 13.3. The fourth-order valence-corrected chi connectivity index (χ4v) is 1.91. The summed E-state index contributed by atoms with van der Waals surface area (Å²) in [5.74, 6) is -1.26. The predicted molar refractivity (Wildman–Crippen MR) is 55.0 cm³/mol. The summed E-state index contributed by atoms with van der Waals surface area (Å²) in [6.07, 6.45) is -2.59. The van der Waals surface area contributed by atoms with Crippen molar-refractivity contribution in [2.24, 2.45) is 0 Å². The van der Waals surface area contributed by atoms with Gasteiger partial charge in [0.1, 0.15) is 11.7 Å². The highest BCUT2D eigenvalue weighted by molar-refractivity contribution is 5.78. The summed E-state index contributed by atoms with van der Waals surface area (Å²) in [6, 6.07) is -0.0940. The lowest BCUT2D eigenvalue weighted by molar-refractivity contribution is -0.141. The van der Waals surface area contributed by atoms with Crippen LogP contribution in [0.4, 0.5) is 19.1 Å². The standard InChI is InChI=1S/C10H10F3N3O2/c11-10(12,13)7-3-4-14-9(15-7)16-5-1-2-6(16)8(17)18/h3-4,6H,1-2,5H2,(H,17,18). The molecule has 1 aromatic heterocycles. The van der Waals surface area contributed by atoms with Crippen molar-refractivity contribution < 1.29 is 23.1 Å². The van der Waals surface area contributed by atoms with Crippen LogP contribution in [-0.4, -0.2) is 33.6 Å². The number of hydrogen-bond acceptors (Lipinski definition) is 4. The molecule has 2 rings (SSSR count). The minimum atomic E-state index is -4.56. The van der Waals surface area contributed by atoms with E-state index in [2.05, 4.69) is 9.97 Å². The molecular weight excluding hydrogens is 251 g/mol. The molecule has 1 aliphatic rings. The zero-order valence-electron chi connectivity index (χ0n) is 9.18. The van der Waals surface area contributed by atoms with E-state index in [0.717, 1.165) is 12.3 Å². The summed E-state index contributed by atoms with van der Waals surface area (Å²) in [4.78, 5) is 19.3. The first kappa shape index (κ1) is 12.6. The van der Waals surface area contributed by atoms with E-state index < -0.39 is 23.9 Å². The van der Waals surface area contributed by atoms with Gasteiger partial charge in [0, 0.05) is 12.7 Å². The van der Waals surface area contributed by atoms with E-state index in [1.54, 1.807) is 0 Å². The van der Waals surface area contributed by atoms with Gasteiger partial charge in [0.25, 0.3) is 0 Å². The monoisotopic (exact) mass is 261 g/mol. The van der Waals surface area contributed by atoms with E-state index in [0.29, 0.717) is 19.4 Å². The molecule has 1 aromatic rings. The van der Waals surface area contributed by atoms with Crippen molar-refractivity contribution in [3.05, 3.63) is 18.0 Å². The van der Waals surface area contributed by atoms with E-state index in [-0.39, 0.29) is 5.95 Å². The molecule has 0 amide bonds. The van der Waals surface area contributed by atoms with Crippen molar-refractivity contribution in [2.45, 2.75) is 25.1 Å². The Bertz CT molecular complexity index is 464. The molecule has 0 saturated carbocycles. The number of halogens is 3. The van der Waals surface area contributed by atoms with Crippen LogP contribution in [-0.2, 0) is 11.0 Å². The van der Waals surface area contributed by atoms with Crippen LogP contribution in [0.5, 0.6) is 0 Å². The van der Waals surface area contributed by atoms with E-state index in [4.69, 9.17) is 5.11 Å². The van der Waals surface area contributed by atoms with Gasteiger partial charge < -0.3 is 10.0 Å². The number of nitrogens with zero attached hydrogens (tertiary/aromatic N) is 3. The second kappa shape index (κ2) is 4.43. The Kier molecular flexibility index (Phi) is 3.10. The first-order valence-electron chi connectivity index (χ1n) is 5.29. The Morgan fingerprint density at radius 3 is 2.83 bits per heavy atom. The van der Waals surface area contributed by atoms with Gasteiger partial charge >= 0.3 is 12.1 Å². The molecule has 0 aliphatic carbocycles. The predicted octanol–water partition coefficient (Wildman–Crippen LogP) is 1.55. The van der Waals surface area contributed by atoms with Crippen molar-refractivity contribution in [1.29, 1.82) is 0 Å². The Labute approximate surface area is 100 Å². The highest BCUT2D eigenvalue weighted by Crippen LogP contribution is 2.29. The average molecular weight is 261 g/mol. The van der Waals surface area contributed by atoms with Crippen LogP contribution in [0, 0.1) is 0 Å². The fraction of sp³-hybridized carbons (Fsp3) is 0.500. The number of rotatable bonds is 2. The van der Waals surface area contributed by atoms with E-state index >= 15 is 0 Å². The minimum Gasteiger partial charge on any atom is -0.480 e. The fourth-order valence-electron chi connectivity index (χ4n) is 1.91. The number of hydrogen-bond donors (Lipinski definition) is 1. The molecule has 1 saturated heterocycles. The second-order valence-corrected chi connectivity index (χ2v) is 3.93. The lowest BCUT2D eigenvalue weighted by atomic mass is 10.2. The van der Waals surface area contributed by atoms with Gasteiger partial charge in [-0.05, 0) is 18.9 Å². The van der Waals surface area contributed by atoms with Gasteiger partial charge in [-0.3, -0.25) is 0 Å². The molecule has 8 heteroatoms. The third-order valence-corrected chi connectivity index (χ3v) is 2.73. The largest absolute Gasteiger partial charge is 0.480 e. The summed E-state index contributed by atoms with van der Waals surface area (Å²) in [5.41, 5.74) is -1.07. The maximum absolute atomic E-state index is 12.5. The van der Waals surface area contributed by atoms with Crippen molar-refractivity contribution in [3.63, 3.8) is 0 Å². The van der Waals surface area contributed by atoms with Crippen LogP contribution in [0.1, 0.15) is 18.5 Å². The van der Waals surface area contributed by atoms with Crippen LogP contribution >= 0.6 is 0 Å². The molecule has 1 atom stereocenters. The second-order valence-electron chi connectivity index (χ2n) is 3.93. The normalized spacial score (nSPS) is 20.2. The van der Waals surface area contributed by atoms with Crippen LogP contribution in [0.3, 0.4) is 0 Å². The minimum absolute atomic E-state index is 0.185. The van der Waals surface area contributed by atoms with Gasteiger partial charge in [-0.2, -0.15) is 13.2 Å². The highest BCUT2D eigenvalue weighted by atomic mass is 19.4. The highest BCUT2D eigenvalue weighted by Gasteiger charge is 2.36. The van der Waals surface area contributed by atoms with Gasteiger partial charge in [0.2, 0.25) is 5.95 Å².